The van der Waals surface area contributed by atoms with Crippen LogP contribution in [0.15, 0.2) is 24.5 Å². The molecule has 0 unspecified atom stereocenters. The average Bonchev–Trinajstić information content (AvgIpc) is 2.89. The zero-order chi connectivity index (χ0) is 14.7. The molecule has 0 aliphatic carbocycles. The lowest BCUT2D eigenvalue weighted by Gasteiger charge is -2.04. The molecule has 1 aromatic carbocycles. The van der Waals surface area contributed by atoms with Gasteiger partial charge < -0.3 is 15.4 Å². The number of halogens is 2. The quantitative estimate of drug-likeness (QED) is 0.787. The fraction of sp³-hybridized carbons (Fsp3) is 0.0833. The molecule has 0 saturated carbocycles. The number of carbonyl (C=O) groups excluding carboxylic acids is 1. The second kappa shape index (κ2) is 5.47. The van der Waals surface area contributed by atoms with Crippen molar-refractivity contribution in [3.05, 3.63) is 53.1 Å². The number of aromatic carboxylic acids is 1. The van der Waals surface area contributed by atoms with Crippen LogP contribution in [0.25, 0.3) is 0 Å². The van der Waals surface area contributed by atoms with E-state index in [-0.39, 0.29) is 17.9 Å². The Kier molecular flexibility index (Phi) is 3.74. The number of aromatic nitrogens is 2. The average molecular weight is 281 g/mol. The van der Waals surface area contributed by atoms with E-state index >= 15 is 0 Å². The molecule has 8 heteroatoms. The fourth-order valence-electron chi connectivity index (χ4n) is 1.55. The van der Waals surface area contributed by atoms with Crippen LogP contribution in [-0.4, -0.2) is 27.0 Å². The van der Waals surface area contributed by atoms with Gasteiger partial charge in [-0.2, -0.15) is 0 Å². The summed E-state index contributed by atoms with van der Waals surface area (Å²) >= 11 is 0. The van der Waals surface area contributed by atoms with Crippen LogP contribution in [0.4, 0.5) is 8.78 Å². The first kappa shape index (κ1) is 13.7. The van der Waals surface area contributed by atoms with Gasteiger partial charge in [-0.15, -0.1) is 0 Å². The van der Waals surface area contributed by atoms with Gasteiger partial charge in [0.25, 0.3) is 5.91 Å². The van der Waals surface area contributed by atoms with E-state index in [1.807, 2.05) is 0 Å². The van der Waals surface area contributed by atoms with Crippen LogP contribution >= 0.6 is 0 Å². The maximum atomic E-state index is 13.0. The van der Waals surface area contributed by atoms with E-state index in [4.69, 9.17) is 5.11 Å². The first-order valence-electron chi connectivity index (χ1n) is 5.48. The molecule has 6 nitrogen and oxygen atoms in total. The lowest BCUT2D eigenvalue weighted by atomic mass is 10.2. The number of nitrogens with zero attached hydrogens (tertiary/aromatic N) is 1. The van der Waals surface area contributed by atoms with Crippen molar-refractivity contribution in [2.24, 2.45) is 0 Å². The second-order valence-electron chi connectivity index (χ2n) is 3.86. The predicted molar refractivity (Wildman–Crippen MR) is 63.1 cm³/mol. The van der Waals surface area contributed by atoms with E-state index < -0.39 is 23.5 Å². The summed E-state index contributed by atoms with van der Waals surface area (Å²) in [4.78, 5) is 28.5. The summed E-state index contributed by atoms with van der Waals surface area (Å²) in [5.41, 5.74) is -0.280. The highest BCUT2D eigenvalue weighted by Gasteiger charge is 2.19. The molecule has 1 aromatic heterocycles. The molecule has 0 bridgehead atoms. The molecule has 20 heavy (non-hydrogen) atoms. The molecule has 104 valence electrons. The van der Waals surface area contributed by atoms with Gasteiger partial charge in [0, 0.05) is 6.54 Å². The van der Waals surface area contributed by atoms with E-state index in [0.717, 1.165) is 18.5 Å². The Morgan fingerprint density at radius 2 is 2.05 bits per heavy atom. The van der Waals surface area contributed by atoms with Gasteiger partial charge in [-0.1, -0.05) is 6.07 Å². The third-order valence-corrected chi connectivity index (χ3v) is 2.51. The van der Waals surface area contributed by atoms with Gasteiger partial charge in [0.1, 0.15) is 0 Å². The molecular weight excluding hydrogens is 272 g/mol. The maximum absolute atomic E-state index is 13.0. The lowest BCUT2D eigenvalue weighted by Crippen LogP contribution is -2.25. The van der Waals surface area contributed by atoms with Gasteiger partial charge in [-0.3, -0.25) is 4.79 Å². The summed E-state index contributed by atoms with van der Waals surface area (Å²) in [7, 11) is 0. The van der Waals surface area contributed by atoms with Gasteiger partial charge >= 0.3 is 5.97 Å². The Morgan fingerprint density at radius 3 is 2.70 bits per heavy atom. The number of nitrogens with one attached hydrogen (secondary N) is 2. The lowest BCUT2D eigenvalue weighted by molar-refractivity contribution is 0.0685. The number of hydrogen-bond acceptors (Lipinski definition) is 3. The number of imidazole rings is 1. The molecule has 1 amide bonds. The van der Waals surface area contributed by atoms with Crippen molar-refractivity contribution < 1.29 is 23.5 Å². The highest BCUT2D eigenvalue weighted by atomic mass is 19.2. The fourth-order valence-corrected chi connectivity index (χ4v) is 1.55. The van der Waals surface area contributed by atoms with Gasteiger partial charge in [0.2, 0.25) is 0 Å². The van der Waals surface area contributed by atoms with Crippen molar-refractivity contribution in [1.82, 2.24) is 15.3 Å². The molecule has 0 spiro atoms. The molecule has 0 radical (unpaired) electrons. The number of benzene rings is 1. The van der Waals surface area contributed by atoms with Crippen molar-refractivity contribution in [1.29, 1.82) is 0 Å². The van der Waals surface area contributed by atoms with Crippen molar-refractivity contribution in [2.75, 3.05) is 0 Å². The second-order valence-corrected chi connectivity index (χ2v) is 3.86. The number of carboxylic acid groups (broad SMARTS) is 1. The number of aromatic amines is 1. The minimum absolute atomic E-state index is 0.0814. The van der Waals surface area contributed by atoms with E-state index in [1.165, 1.54) is 6.07 Å². The largest absolute Gasteiger partial charge is 0.477 e. The number of hydrogen-bond donors (Lipinski definition) is 3. The first-order chi connectivity index (χ1) is 9.49. The van der Waals surface area contributed by atoms with Crippen LogP contribution in [0.1, 0.15) is 26.5 Å². The van der Waals surface area contributed by atoms with Crippen LogP contribution in [0.2, 0.25) is 0 Å². The molecule has 0 aliphatic rings. The normalized spacial score (nSPS) is 10.3. The topological polar surface area (TPSA) is 95.1 Å². The summed E-state index contributed by atoms with van der Waals surface area (Å²) in [5.74, 6) is -4.06. The highest BCUT2D eigenvalue weighted by molar-refractivity contribution is 6.02. The van der Waals surface area contributed by atoms with Gasteiger partial charge in [-0.25, -0.2) is 18.6 Å². The van der Waals surface area contributed by atoms with Crippen LogP contribution in [0, 0.1) is 11.6 Å². The molecule has 0 aliphatic heterocycles. The molecular formula is C12H9F2N3O3. The number of amides is 1. The summed E-state index contributed by atoms with van der Waals surface area (Å²) in [6.07, 6.45) is 1.08. The molecule has 0 saturated heterocycles. The predicted octanol–water partition coefficient (Wildman–Crippen LogP) is 1.32. The van der Waals surface area contributed by atoms with Gasteiger partial charge in [0.05, 0.1) is 6.33 Å². The zero-order valence-electron chi connectivity index (χ0n) is 9.98. The minimum Gasteiger partial charge on any atom is -0.477 e. The van der Waals surface area contributed by atoms with Crippen LogP contribution in [0.5, 0.6) is 0 Å². The Labute approximate surface area is 111 Å². The SMILES string of the molecule is O=C(NCc1ccc(F)c(F)c1)c1nc[nH]c1C(=O)O. The highest BCUT2D eigenvalue weighted by Crippen LogP contribution is 2.09. The van der Waals surface area contributed by atoms with Gasteiger partial charge in [0.15, 0.2) is 23.0 Å². The Balaban J connectivity index is 2.07. The maximum Gasteiger partial charge on any atom is 0.354 e. The first-order valence-corrected chi connectivity index (χ1v) is 5.48. The molecule has 2 rings (SSSR count). The number of rotatable bonds is 4. The zero-order valence-corrected chi connectivity index (χ0v) is 9.98. The smallest absolute Gasteiger partial charge is 0.354 e. The van der Waals surface area contributed by atoms with Gasteiger partial charge in [-0.05, 0) is 17.7 Å². The van der Waals surface area contributed by atoms with E-state index in [1.54, 1.807) is 0 Å². The van der Waals surface area contributed by atoms with Crippen LogP contribution in [0.3, 0.4) is 0 Å². The van der Waals surface area contributed by atoms with Crippen LogP contribution < -0.4 is 5.32 Å². The van der Waals surface area contributed by atoms with E-state index in [0.29, 0.717) is 5.56 Å². The minimum atomic E-state index is -1.32. The van der Waals surface area contributed by atoms with E-state index in [2.05, 4.69) is 15.3 Å². The summed E-state index contributed by atoms with van der Waals surface area (Å²) in [5, 5.41) is 11.2. The van der Waals surface area contributed by atoms with Crippen LogP contribution in [-0.2, 0) is 6.54 Å². The van der Waals surface area contributed by atoms with E-state index in [9.17, 15) is 18.4 Å². The third kappa shape index (κ3) is 2.79. The van der Waals surface area contributed by atoms with Crippen molar-refractivity contribution >= 4 is 11.9 Å². The Bertz CT molecular complexity index is 670. The summed E-state index contributed by atoms with van der Waals surface area (Å²) in [6.45, 7) is -0.0814. The van der Waals surface area contributed by atoms with Crippen molar-refractivity contribution in [3.63, 3.8) is 0 Å². The monoisotopic (exact) mass is 281 g/mol. The molecule has 1 heterocycles. The standard InChI is InChI=1S/C12H9F2N3O3/c13-7-2-1-6(3-8(7)14)4-15-11(18)9-10(12(19)20)17-5-16-9/h1-3,5H,4H2,(H,15,18)(H,16,17)(H,19,20). The van der Waals surface area contributed by atoms with Crippen molar-refractivity contribution in [2.45, 2.75) is 6.54 Å². The molecule has 3 N–H and O–H groups in total. The number of carbonyl (C=O) groups is 2. The van der Waals surface area contributed by atoms with Crippen molar-refractivity contribution in [3.8, 4) is 0 Å². The molecule has 0 fully saturated rings. The number of H-pyrrole nitrogens is 1. The Hall–Kier alpha value is -2.77. The molecule has 2 aromatic rings. The third-order valence-electron chi connectivity index (χ3n) is 2.51. The molecule has 0 atom stereocenters. The summed E-state index contributed by atoms with van der Waals surface area (Å²) < 4.78 is 25.7. The number of carboxylic acids is 1. The Morgan fingerprint density at radius 1 is 1.30 bits per heavy atom. The summed E-state index contributed by atoms with van der Waals surface area (Å²) in [6, 6.07) is 3.19.